The van der Waals surface area contributed by atoms with Crippen molar-refractivity contribution in [3.63, 3.8) is 0 Å². The summed E-state index contributed by atoms with van der Waals surface area (Å²) in [7, 11) is 0. The van der Waals surface area contributed by atoms with Gasteiger partial charge in [0.25, 0.3) is 0 Å². The molecule has 3 rings (SSSR count). The second-order valence-corrected chi connectivity index (χ2v) is 5.51. The van der Waals surface area contributed by atoms with Gasteiger partial charge < -0.3 is 5.11 Å². The van der Waals surface area contributed by atoms with Gasteiger partial charge in [-0.05, 0) is 40.2 Å². The van der Waals surface area contributed by atoms with Crippen molar-refractivity contribution in [2.75, 3.05) is 0 Å². The predicted octanol–water partition coefficient (Wildman–Crippen LogP) is 3.95. The SMILES string of the molecule is CC(C)Cc1ccc2c(c1)-c1ccccc1C2O. The summed E-state index contributed by atoms with van der Waals surface area (Å²) in [5.41, 5.74) is 5.83. The van der Waals surface area contributed by atoms with Crippen molar-refractivity contribution < 1.29 is 5.11 Å². The van der Waals surface area contributed by atoms with E-state index in [0.29, 0.717) is 5.92 Å². The zero-order valence-corrected chi connectivity index (χ0v) is 10.9. The van der Waals surface area contributed by atoms with Crippen LogP contribution in [-0.2, 0) is 6.42 Å². The third-order valence-electron chi connectivity index (χ3n) is 3.60. The fourth-order valence-corrected chi connectivity index (χ4v) is 2.82. The minimum atomic E-state index is -0.454. The molecule has 2 aromatic rings. The van der Waals surface area contributed by atoms with Crippen molar-refractivity contribution in [2.45, 2.75) is 26.4 Å². The molecule has 1 aliphatic rings. The molecule has 2 aromatic carbocycles. The summed E-state index contributed by atoms with van der Waals surface area (Å²) >= 11 is 0. The molecular formula is C17H18O. The maximum absolute atomic E-state index is 10.3. The van der Waals surface area contributed by atoms with Crippen LogP contribution in [0.15, 0.2) is 42.5 Å². The molecule has 1 nitrogen and oxygen atoms in total. The first-order valence-corrected chi connectivity index (χ1v) is 6.57. The van der Waals surface area contributed by atoms with E-state index in [1.54, 1.807) is 0 Å². The average molecular weight is 238 g/mol. The van der Waals surface area contributed by atoms with Crippen molar-refractivity contribution in [1.82, 2.24) is 0 Å². The van der Waals surface area contributed by atoms with Crippen molar-refractivity contribution in [1.29, 1.82) is 0 Å². The van der Waals surface area contributed by atoms with Gasteiger partial charge in [-0.3, -0.25) is 0 Å². The van der Waals surface area contributed by atoms with E-state index in [1.807, 2.05) is 18.2 Å². The van der Waals surface area contributed by atoms with E-state index in [-0.39, 0.29) is 0 Å². The molecule has 0 saturated carbocycles. The molecule has 0 saturated heterocycles. The largest absolute Gasteiger partial charge is 0.384 e. The number of hydrogen-bond acceptors (Lipinski definition) is 1. The van der Waals surface area contributed by atoms with Gasteiger partial charge in [-0.15, -0.1) is 0 Å². The maximum Gasteiger partial charge on any atom is 0.105 e. The lowest BCUT2D eigenvalue weighted by Gasteiger charge is -2.09. The summed E-state index contributed by atoms with van der Waals surface area (Å²) in [5, 5.41) is 10.3. The van der Waals surface area contributed by atoms with Gasteiger partial charge in [-0.25, -0.2) is 0 Å². The Kier molecular flexibility index (Phi) is 2.71. The van der Waals surface area contributed by atoms with Crippen molar-refractivity contribution >= 4 is 0 Å². The van der Waals surface area contributed by atoms with E-state index >= 15 is 0 Å². The average Bonchev–Trinajstić information content (AvgIpc) is 2.63. The van der Waals surface area contributed by atoms with E-state index < -0.39 is 6.10 Å². The molecule has 0 spiro atoms. The minimum Gasteiger partial charge on any atom is -0.384 e. The smallest absolute Gasteiger partial charge is 0.105 e. The Bertz CT molecular complexity index is 584. The lowest BCUT2D eigenvalue weighted by Crippen LogP contribution is -1.96. The van der Waals surface area contributed by atoms with Gasteiger partial charge in [0.05, 0.1) is 0 Å². The van der Waals surface area contributed by atoms with Crippen LogP contribution in [0.5, 0.6) is 0 Å². The molecule has 1 aliphatic carbocycles. The Morgan fingerprint density at radius 1 is 1.00 bits per heavy atom. The number of aliphatic hydroxyl groups is 1. The summed E-state index contributed by atoms with van der Waals surface area (Å²) in [4.78, 5) is 0. The quantitative estimate of drug-likeness (QED) is 0.840. The molecule has 0 aliphatic heterocycles. The zero-order chi connectivity index (χ0) is 12.7. The van der Waals surface area contributed by atoms with Gasteiger partial charge in [0.15, 0.2) is 0 Å². The molecule has 92 valence electrons. The lowest BCUT2D eigenvalue weighted by molar-refractivity contribution is 0.225. The molecule has 18 heavy (non-hydrogen) atoms. The predicted molar refractivity (Wildman–Crippen MR) is 74.5 cm³/mol. The number of rotatable bonds is 2. The van der Waals surface area contributed by atoms with Gasteiger partial charge in [-0.2, -0.15) is 0 Å². The fourth-order valence-electron chi connectivity index (χ4n) is 2.82. The second-order valence-electron chi connectivity index (χ2n) is 5.51. The van der Waals surface area contributed by atoms with E-state index in [0.717, 1.165) is 17.5 Å². The number of fused-ring (bicyclic) bond motifs is 3. The van der Waals surface area contributed by atoms with Gasteiger partial charge >= 0.3 is 0 Å². The first-order chi connectivity index (χ1) is 8.66. The topological polar surface area (TPSA) is 20.2 Å². The molecule has 0 bridgehead atoms. The summed E-state index contributed by atoms with van der Waals surface area (Å²) < 4.78 is 0. The summed E-state index contributed by atoms with van der Waals surface area (Å²) in [6, 6.07) is 14.6. The van der Waals surface area contributed by atoms with Crippen LogP contribution in [0, 0.1) is 5.92 Å². The Morgan fingerprint density at radius 2 is 1.72 bits per heavy atom. The minimum absolute atomic E-state index is 0.454. The second kappa shape index (κ2) is 4.25. The molecule has 0 heterocycles. The molecule has 1 unspecified atom stereocenters. The molecule has 0 amide bonds. The van der Waals surface area contributed by atoms with Gasteiger partial charge in [0.2, 0.25) is 0 Å². The Morgan fingerprint density at radius 3 is 2.50 bits per heavy atom. The van der Waals surface area contributed by atoms with Crippen LogP contribution >= 0.6 is 0 Å². The molecule has 0 fully saturated rings. The van der Waals surface area contributed by atoms with E-state index in [9.17, 15) is 5.11 Å². The zero-order valence-electron chi connectivity index (χ0n) is 10.9. The number of hydrogen-bond donors (Lipinski definition) is 1. The fraction of sp³-hybridized carbons (Fsp3) is 0.294. The molecule has 1 N–H and O–H groups in total. The van der Waals surface area contributed by atoms with Crippen LogP contribution in [0.3, 0.4) is 0 Å². The molecule has 0 aromatic heterocycles. The highest BCUT2D eigenvalue weighted by molar-refractivity contribution is 5.78. The van der Waals surface area contributed by atoms with E-state index in [4.69, 9.17) is 0 Å². The van der Waals surface area contributed by atoms with Crippen LogP contribution in [0.4, 0.5) is 0 Å². The van der Waals surface area contributed by atoms with Crippen molar-refractivity contribution in [2.24, 2.45) is 5.92 Å². The first-order valence-electron chi connectivity index (χ1n) is 6.57. The Labute approximate surface area is 108 Å². The van der Waals surface area contributed by atoms with Crippen molar-refractivity contribution in [3.8, 4) is 11.1 Å². The molecule has 1 heteroatoms. The van der Waals surface area contributed by atoms with Gasteiger partial charge in [-0.1, -0.05) is 56.3 Å². The number of aliphatic hydroxyl groups excluding tert-OH is 1. The van der Waals surface area contributed by atoms with Crippen molar-refractivity contribution in [3.05, 3.63) is 59.2 Å². The summed E-state index contributed by atoms with van der Waals surface area (Å²) in [6.07, 6.45) is 0.634. The summed E-state index contributed by atoms with van der Waals surface area (Å²) in [5.74, 6) is 0.657. The van der Waals surface area contributed by atoms with Crippen LogP contribution < -0.4 is 0 Å². The van der Waals surface area contributed by atoms with Gasteiger partial charge in [0.1, 0.15) is 6.10 Å². The monoisotopic (exact) mass is 238 g/mol. The molecule has 0 radical (unpaired) electrons. The standard InChI is InChI=1S/C17H18O/c1-11(2)9-12-7-8-15-16(10-12)13-5-3-4-6-14(13)17(15)18/h3-8,10-11,17-18H,9H2,1-2H3. The van der Waals surface area contributed by atoms with Crippen LogP contribution in [0.1, 0.15) is 36.6 Å². The molecular weight excluding hydrogens is 220 g/mol. The summed E-state index contributed by atoms with van der Waals surface area (Å²) in [6.45, 7) is 4.46. The van der Waals surface area contributed by atoms with E-state index in [1.165, 1.54) is 16.7 Å². The van der Waals surface area contributed by atoms with Crippen LogP contribution in [0.25, 0.3) is 11.1 Å². The highest BCUT2D eigenvalue weighted by Gasteiger charge is 2.26. The Hall–Kier alpha value is -1.60. The third-order valence-corrected chi connectivity index (χ3v) is 3.60. The third kappa shape index (κ3) is 1.75. The normalized spacial score (nSPS) is 16.8. The maximum atomic E-state index is 10.3. The molecule has 1 atom stereocenters. The Balaban J connectivity index is 2.11. The lowest BCUT2D eigenvalue weighted by atomic mass is 9.97. The highest BCUT2D eigenvalue weighted by Crippen LogP contribution is 2.43. The number of benzene rings is 2. The first kappa shape index (κ1) is 11.5. The van der Waals surface area contributed by atoms with E-state index in [2.05, 4.69) is 38.1 Å². The van der Waals surface area contributed by atoms with Crippen LogP contribution in [-0.4, -0.2) is 5.11 Å². The van der Waals surface area contributed by atoms with Gasteiger partial charge in [0, 0.05) is 0 Å². The van der Waals surface area contributed by atoms with Crippen LogP contribution in [0.2, 0.25) is 0 Å². The highest BCUT2D eigenvalue weighted by atomic mass is 16.3.